The highest BCUT2D eigenvalue weighted by atomic mass is 16.5. The first-order chi connectivity index (χ1) is 14.1. The largest absolute Gasteiger partial charge is 0.489 e. The van der Waals surface area contributed by atoms with Gasteiger partial charge in [-0.2, -0.15) is 0 Å². The van der Waals surface area contributed by atoms with Gasteiger partial charge in [0.1, 0.15) is 11.9 Å². The minimum absolute atomic E-state index is 0.0567. The molecule has 3 heteroatoms. The van der Waals surface area contributed by atoms with Crippen molar-refractivity contribution < 1.29 is 9.53 Å². The van der Waals surface area contributed by atoms with Crippen LogP contribution in [0.4, 0.5) is 0 Å². The maximum atomic E-state index is 12.3. The highest BCUT2D eigenvalue weighted by Gasteiger charge is 2.53. The minimum atomic E-state index is 0.0567. The summed E-state index contributed by atoms with van der Waals surface area (Å²) in [6.45, 7) is 2.39. The fraction of sp³-hybridized carbons (Fsp3) is 0.385. The molecule has 1 fully saturated rings. The zero-order chi connectivity index (χ0) is 19.6. The van der Waals surface area contributed by atoms with Gasteiger partial charge in [-0.15, -0.1) is 0 Å². The predicted octanol–water partition coefficient (Wildman–Crippen LogP) is 5.64. The number of aromatic nitrogens is 1. The summed E-state index contributed by atoms with van der Waals surface area (Å²) < 4.78 is 6.53. The van der Waals surface area contributed by atoms with E-state index >= 15 is 0 Å². The van der Waals surface area contributed by atoms with Crippen LogP contribution in [-0.2, 0) is 9.53 Å². The topological polar surface area (TPSA) is 39.2 Å². The second-order valence-corrected chi connectivity index (χ2v) is 9.19. The number of hydrogen-bond donors (Lipinski definition) is 0. The Balaban J connectivity index is 1.38. The van der Waals surface area contributed by atoms with Crippen molar-refractivity contribution in [3.8, 4) is 0 Å². The summed E-state index contributed by atoms with van der Waals surface area (Å²) in [5.41, 5.74) is 4.51. The van der Waals surface area contributed by atoms with E-state index in [0.717, 1.165) is 42.5 Å². The first kappa shape index (κ1) is 17.2. The molecular weight excluding hydrogens is 358 g/mol. The van der Waals surface area contributed by atoms with Crippen LogP contribution in [0.3, 0.4) is 0 Å². The normalized spacial score (nSPS) is 33.1. The van der Waals surface area contributed by atoms with Crippen molar-refractivity contribution in [3.05, 3.63) is 77.2 Å². The van der Waals surface area contributed by atoms with Crippen LogP contribution in [-0.4, -0.2) is 16.9 Å². The number of hydrogen-bond acceptors (Lipinski definition) is 3. The molecule has 2 aromatic rings. The van der Waals surface area contributed by atoms with E-state index in [1.807, 2.05) is 12.3 Å². The molecule has 0 spiro atoms. The summed E-state index contributed by atoms with van der Waals surface area (Å²) in [5, 5.41) is 1.19. The SMILES string of the molecule is C[C@]12C=CC3=CC4=C(CCCC4=O)O[C@H]3[C@@H]1CC[C@@H]2c1ccc2cccnc2c1. The van der Waals surface area contributed by atoms with E-state index in [0.29, 0.717) is 18.3 Å². The zero-order valence-electron chi connectivity index (χ0n) is 16.7. The van der Waals surface area contributed by atoms with Gasteiger partial charge >= 0.3 is 0 Å². The smallest absolute Gasteiger partial charge is 0.166 e. The molecule has 0 unspecified atom stereocenters. The van der Waals surface area contributed by atoms with Crippen molar-refractivity contribution in [3.63, 3.8) is 0 Å². The average Bonchev–Trinajstić information content (AvgIpc) is 3.10. The molecule has 1 aliphatic heterocycles. The van der Waals surface area contributed by atoms with Crippen LogP contribution in [0, 0.1) is 11.3 Å². The molecule has 3 nitrogen and oxygen atoms in total. The van der Waals surface area contributed by atoms with E-state index in [2.05, 4.69) is 54.4 Å². The van der Waals surface area contributed by atoms with Gasteiger partial charge in [0, 0.05) is 30.3 Å². The van der Waals surface area contributed by atoms with Gasteiger partial charge < -0.3 is 4.74 Å². The maximum absolute atomic E-state index is 12.3. The minimum Gasteiger partial charge on any atom is -0.489 e. The number of nitrogens with zero attached hydrogens (tertiary/aromatic N) is 1. The van der Waals surface area contributed by atoms with Crippen molar-refractivity contribution in [1.29, 1.82) is 0 Å². The Labute approximate surface area is 171 Å². The molecule has 29 heavy (non-hydrogen) atoms. The van der Waals surface area contributed by atoms with Crippen molar-refractivity contribution in [2.45, 2.75) is 51.0 Å². The van der Waals surface area contributed by atoms with Crippen molar-refractivity contribution >= 4 is 16.7 Å². The monoisotopic (exact) mass is 383 g/mol. The van der Waals surface area contributed by atoms with E-state index in [9.17, 15) is 4.79 Å². The van der Waals surface area contributed by atoms with Crippen LogP contribution < -0.4 is 0 Å². The molecule has 4 atom stereocenters. The summed E-state index contributed by atoms with van der Waals surface area (Å²) >= 11 is 0. The van der Waals surface area contributed by atoms with Gasteiger partial charge in [0.2, 0.25) is 0 Å². The van der Waals surface area contributed by atoms with Crippen molar-refractivity contribution in [2.75, 3.05) is 0 Å². The molecule has 0 N–H and O–H groups in total. The van der Waals surface area contributed by atoms with E-state index < -0.39 is 0 Å². The van der Waals surface area contributed by atoms with E-state index in [1.165, 1.54) is 16.5 Å². The quantitative estimate of drug-likeness (QED) is 0.640. The first-order valence-electron chi connectivity index (χ1n) is 10.8. The van der Waals surface area contributed by atoms with E-state index in [-0.39, 0.29) is 17.3 Å². The number of ketones is 1. The predicted molar refractivity (Wildman–Crippen MR) is 113 cm³/mol. The Hall–Kier alpha value is -2.68. The number of allylic oxidation sites excluding steroid dienone is 4. The van der Waals surface area contributed by atoms with E-state index in [1.54, 1.807) is 0 Å². The molecule has 4 aliphatic rings. The molecule has 3 aliphatic carbocycles. The first-order valence-corrected chi connectivity index (χ1v) is 10.8. The Morgan fingerprint density at radius 3 is 3.03 bits per heavy atom. The molecule has 1 aromatic heterocycles. The number of benzene rings is 1. The molecule has 1 aromatic carbocycles. The summed E-state index contributed by atoms with van der Waals surface area (Å²) in [6, 6.07) is 10.9. The van der Waals surface area contributed by atoms with Crippen LogP contribution in [0.5, 0.6) is 0 Å². The van der Waals surface area contributed by atoms with Crippen LogP contribution in [0.2, 0.25) is 0 Å². The summed E-state index contributed by atoms with van der Waals surface area (Å²) in [5.74, 6) is 2.08. The average molecular weight is 383 g/mol. The number of ether oxygens (including phenoxy) is 1. The van der Waals surface area contributed by atoms with Gasteiger partial charge in [0.05, 0.1) is 11.1 Å². The number of rotatable bonds is 1. The molecule has 0 radical (unpaired) electrons. The summed E-state index contributed by atoms with van der Waals surface area (Å²) in [6.07, 6.45) is 13.5. The second-order valence-electron chi connectivity index (χ2n) is 9.19. The standard InChI is InChI=1S/C26H25NO2/c1-26-12-11-18-14-19-23(28)5-2-6-24(19)29-25(18)21(26)10-9-20(26)17-8-7-16-4-3-13-27-22(16)15-17/h3-4,7-8,11-15,20-21,25H,2,5-6,9-10H2,1H3/t20-,21+,25-,26-/m1/s1. The lowest BCUT2D eigenvalue weighted by atomic mass is 9.64. The number of fused-ring (bicyclic) bond motifs is 4. The number of Topliss-reactive ketones (excluding diaryl/α,β-unsaturated/α-hetero) is 1. The van der Waals surface area contributed by atoms with Gasteiger partial charge in [0.25, 0.3) is 0 Å². The lowest BCUT2D eigenvalue weighted by molar-refractivity contribution is -0.116. The highest BCUT2D eigenvalue weighted by molar-refractivity contribution is 5.99. The van der Waals surface area contributed by atoms with Gasteiger partial charge in [-0.3, -0.25) is 9.78 Å². The summed E-state index contributed by atoms with van der Waals surface area (Å²) in [7, 11) is 0. The number of carbonyl (C=O) groups is 1. The maximum Gasteiger partial charge on any atom is 0.166 e. The van der Waals surface area contributed by atoms with Crippen molar-refractivity contribution in [2.24, 2.45) is 11.3 Å². The lowest BCUT2D eigenvalue weighted by Gasteiger charge is -2.44. The van der Waals surface area contributed by atoms with Gasteiger partial charge in [0.15, 0.2) is 5.78 Å². The van der Waals surface area contributed by atoms with Gasteiger partial charge in [-0.05, 0) is 59.9 Å². The third-order valence-corrected chi connectivity index (χ3v) is 7.67. The highest BCUT2D eigenvalue weighted by Crippen LogP contribution is 2.59. The fourth-order valence-corrected chi connectivity index (χ4v) is 6.09. The lowest BCUT2D eigenvalue weighted by Crippen LogP contribution is -2.40. The van der Waals surface area contributed by atoms with Crippen LogP contribution in [0.15, 0.2) is 71.7 Å². The van der Waals surface area contributed by atoms with Crippen molar-refractivity contribution in [1.82, 2.24) is 4.98 Å². The molecule has 6 rings (SSSR count). The summed E-state index contributed by atoms with van der Waals surface area (Å²) in [4.78, 5) is 16.9. The number of pyridine rings is 1. The van der Waals surface area contributed by atoms with Gasteiger partial charge in [-0.1, -0.05) is 37.3 Å². The number of carbonyl (C=O) groups excluding carboxylic acids is 1. The van der Waals surface area contributed by atoms with E-state index in [4.69, 9.17) is 4.74 Å². The molecule has 146 valence electrons. The van der Waals surface area contributed by atoms with Crippen LogP contribution >= 0.6 is 0 Å². The molecule has 0 saturated heterocycles. The fourth-order valence-electron chi connectivity index (χ4n) is 6.09. The molecular formula is C26H25NO2. The molecule has 0 amide bonds. The van der Waals surface area contributed by atoms with Crippen LogP contribution in [0.25, 0.3) is 10.9 Å². The molecule has 0 bridgehead atoms. The molecule has 2 heterocycles. The van der Waals surface area contributed by atoms with Gasteiger partial charge in [-0.25, -0.2) is 0 Å². The second kappa shape index (κ2) is 6.16. The van der Waals surface area contributed by atoms with Crippen LogP contribution in [0.1, 0.15) is 50.5 Å². The zero-order valence-corrected chi connectivity index (χ0v) is 16.7. The molecule has 1 saturated carbocycles. The Morgan fingerprint density at radius 2 is 2.10 bits per heavy atom. The Kier molecular flexibility index (Phi) is 3.65. The third-order valence-electron chi connectivity index (χ3n) is 7.67. The Bertz CT molecular complexity index is 1120. The Morgan fingerprint density at radius 1 is 1.17 bits per heavy atom. The third kappa shape index (κ3) is 2.49.